The largest absolute Gasteiger partial charge is 0.469 e. The fourth-order valence-electron chi connectivity index (χ4n) is 2.66. The molecule has 0 aliphatic rings. The van der Waals surface area contributed by atoms with E-state index in [4.69, 9.17) is 9.15 Å². The number of non-ortho nitro benzene ring substituents is 1. The molecule has 7 nitrogen and oxygen atoms in total. The third-order valence-corrected chi connectivity index (χ3v) is 3.74. The number of nitro benzene ring substituents is 1. The van der Waals surface area contributed by atoms with E-state index in [1.165, 1.54) is 44.6 Å². The highest BCUT2D eigenvalue weighted by molar-refractivity contribution is 5.82. The number of carbonyl (C=O) groups excluding carboxylic acids is 2. The molecule has 0 aliphatic heterocycles. The number of nitro groups is 1. The maximum Gasteiger partial charge on any atom is 0.313 e. The van der Waals surface area contributed by atoms with Gasteiger partial charge in [0.25, 0.3) is 5.69 Å². The van der Waals surface area contributed by atoms with E-state index in [2.05, 4.69) is 0 Å². The number of methoxy groups -OCH3 is 1. The van der Waals surface area contributed by atoms with Crippen molar-refractivity contribution in [2.24, 2.45) is 0 Å². The average molecular weight is 331 g/mol. The number of rotatable bonds is 7. The maximum atomic E-state index is 12.3. The molecule has 0 N–H and O–H groups in total. The Morgan fingerprint density at radius 2 is 1.92 bits per heavy atom. The quantitative estimate of drug-likeness (QED) is 0.439. The van der Waals surface area contributed by atoms with Crippen molar-refractivity contribution in [1.82, 2.24) is 0 Å². The van der Waals surface area contributed by atoms with Crippen LogP contribution in [0.25, 0.3) is 0 Å². The van der Waals surface area contributed by atoms with Gasteiger partial charge >= 0.3 is 5.97 Å². The zero-order valence-corrected chi connectivity index (χ0v) is 13.3. The smallest absolute Gasteiger partial charge is 0.313 e. The van der Waals surface area contributed by atoms with E-state index in [0.29, 0.717) is 11.3 Å². The van der Waals surface area contributed by atoms with Gasteiger partial charge in [-0.05, 0) is 24.6 Å². The SMILES string of the molecule is COC(=O)C(c1ccc([N+](=O)[O-])cc1)C(CC(C)=O)c1ccco1. The van der Waals surface area contributed by atoms with Crippen LogP contribution in [0.1, 0.15) is 36.5 Å². The average Bonchev–Trinajstić information content (AvgIpc) is 3.08. The summed E-state index contributed by atoms with van der Waals surface area (Å²) in [5.74, 6) is -1.50. The van der Waals surface area contributed by atoms with Crippen LogP contribution in [0.5, 0.6) is 0 Å². The van der Waals surface area contributed by atoms with Crippen LogP contribution in [0.15, 0.2) is 47.1 Å². The van der Waals surface area contributed by atoms with Gasteiger partial charge in [0.05, 0.1) is 24.2 Å². The minimum Gasteiger partial charge on any atom is -0.469 e. The summed E-state index contributed by atoms with van der Waals surface area (Å²) in [6, 6.07) is 8.99. The highest BCUT2D eigenvalue weighted by Gasteiger charge is 2.35. The summed E-state index contributed by atoms with van der Waals surface area (Å²) < 4.78 is 10.3. The molecule has 1 aromatic carbocycles. The Bertz CT molecular complexity index is 720. The summed E-state index contributed by atoms with van der Waals surface area (Å²) in [5.41, 5.74) is 0.443. The summed E-state index contributed by atoms with van der Waals surface area (Å²) in [5, 5.41) is 10.8. The second-order valence-electron chi connectivity index (χ2n) is 5.38. The summed E-state index contributed by atoms with van der Waals surface area (Å²) in [4.78, 5) is 34.3. The summed E-state index contributed by atoms with van der Waals surface area (Å²) in [7, 11) is 1.26. The molecule has 1 aromatic heterocycles. The molecule has 2 atom stereocenters. The lowest BCUT2D eigenvalue weighted by Gasteiger charge is -2.23. The van der Waals surface area contributed by atoms with E-state index in [0.717, 1.165) is 0 Å². The number of furan rings is 1. The van der Waals surface area contributed by atoms with Crippen molar-refractivity contribution in [3.63, 3.8) is 0 Å². The Morgan fingerprint density at radius 3 is 2.38 bits per heavy atom. The van der Waals surface area contributed by atoms with Crippen LogP contribution in [0.2, 0.25) is 0 Å². The number of esters is 1. The van der Waals surface area contributed by atoms with E-state index < -0.39 is 22.7 Å². The van der Waals surface area contributed by atoms with Gasteiger partial charge in [0.2, 0.25) is 0 Å². The topological polar surface area (TPSA) is 99.6 Å². The third kappa shape index (κ3) is 3.87. The predicted molar refractivity (Wildman–Crippen MR) is 84.6 cm³/mol. The fraction of sp³-hybridized carbons (Fsp3) is 0.294. The lowest BCUT2D eigenvalue weighted by atomic mass is 9.81. The molecule has 7 heteroatoms. The van der Waals surface area contributed by atoms with Crippen LogP contribution in [0.4, 0.5) is 5.69 Å². The number of carbonyl (C=O) groups is 2. The van der Waals surface area contributed by atoms with Gasteiger partial charge in [-0.25, -0.2) is 0 Å². The van der Waals surface area contributed by atoms with Crippen molar-refractivity contribution >= 4 is 17.4 Å². The maximum absolute atomic E-state index is 12.3. The summed E-state index contributed by atoms with van der Waals surface area (Å²) in [6.07, 6.45) is 1.55. The van der Waals surface area contributed by atoms with Gasteiger partial charge in [-0.1, -0.05) is 12.1 Å². The van der Waals surface area contributed by atoms with Crippen LogP contribution in [0.3, 0.4) is 0 Å². The van der Waals surface area contributed by atoms with Crippen LogP contribution < -0.4 is 0 Å². The van der Waals surface area contributed by atoms with E-state index in [1.54, 1.807) is 12.1 Å². The first-order valence-corrected chi connectivity index (χ1v) is 7.29. The van der Waals surface area contributed by atoms with Gasteiger partial charge in [-0.3, -0.25) is 14.9 Å². The third-order valence-electron chi connectivity index (χ3n) is 3.74. The molecule has 0 radical (unpaired) electrons. The molecule has 24 heavy (non-hydrogen) atoms. The van der Waals surface area contributed by atoms with Gasteiger partial charge in [-0.2, -0.15) is 0 Å². The Morgan fingerprint density at radius 1 is 1.25 bits per heavy atom. The monoisotopic (exact) mass is 331 g/mol. The molecule has 0 saturated carbocycles. The highest BCUT2D eigenvalue weighted by atomic mass is 16.6. The van der Waals surface area contributed by atoms with Crippen LogP contribution in [-0.2, 0) is 14.3 Å². The van der Waals surface area contributed by atoms with E-state index in [1.807, 2.05) is 0 Å². The molecule has 2 aromatic rings. The molecule has 0 bridgehead atoms. The number of hydrogen-bond donors (Lipinski definition) is 0. The number of ether oxygens (including phenoxy) is 1. The predicted octanol–water partition coefficient (Wildman–Crippen LogP) is 3.21. The lowest BCUT2D eigenvalue weighted by molar-refractivity contribution is -0.384. The van der Waals surface area contributed by atoms with E-state index in [-0.39, 0.29) is 17.9 Å². The number of ketones is 1. The number of nitrogens with zero attached hydrogens (tertiary/aromatic N) is 1. The van der Waals surface area contributed by atoms with Crippen LogP contribution >= 0.6 is 0 Å². The molecule has 2 rings (SSSR count). The zero-order valence-electron chi connectivity index (χ0n) is 13.3. The normalized spacial score (nSPS) is 13.1. The van der Waals surface area contributed by atoms with Gasteiger partial charge in [-0.15, -0.1) is 0 Å². The molecular formula is C17H17NO6. The van der Waals surface area contributed by atoms with Gasteiger partial charge in [0.15, 0.2) is 0 Å². The molecule has 0 aliphatic carbocycles. The minimum absolute atomic E-state index is 0.0801. The molecule has 0 fully saturated rings. The molecular weight excluding hydrogens is 314 g/mol. The van der Waals surface area contributed by atoms with Crippen molar-refractivity contribution in [2.75, 3.05) is 7.11 Å². The van der Waals surface area contributed by atoms with Crippen molar-refractivity contribution in [3.05, 3.63) is 64.1 Å². The Kier molecular flexibility index (Phi) is 5.47. The number of benzene rings is 1. The first-order chi connectivity index (χ1) is 11.4. The van der Waals surface area contributed by atoms with Crippen LogP contribution in [0, 0.1) is 10.1 Å². The van der Waals surface area contributed by atoms with Gasteiger partial charge in [0.1, 0.15) is 11.5 Å². The molecule has 2 unspecified atom stereocenters. The van der Waals surface area contributed by atoms with E-state index in [9.17, 15) is 19.7 Å². The van der Waals surface area contributed by atoms with Crippen molar-refractivity contribution < 1.29 is 23.7 Å². The van der Waals surface area contributed by atoms with Crippen molar-refractivity contribution in [1.29, 1.82) is 0 Å². The Labute approximate surface area is 138 Å². The van der Waals surface area contributed by atoms with Gasteiger partial charge < -0.3 is 13.9 Å². The number of hydrogen-bond acceptors (Lipinski definition) is 6. The first kappa shape index (κ1) is 17.4. The molecule has 0 saturated heterocycles. The van der Waals surface area contributed by atoms with Gasteiger partial charge in [0, 0.05) is 24.5 Å². The highest BCUT2D eigenvalue weighted by Crippen LogP contribution is 2.37. The summed E-state index contributed by atoms with van der Waals surface area (Å²) >= 11 is 0. The van der Waals surface area contributed by atoms with Crippen molar-refractivity contribution in [2.45, 2.75) is 25.2 Å². The number of Topliss-reactive ketones (excluding diaryl/α,β-unsaturated/α-hetero) is 1. The first-order valence-electron chi connectivity index (χ1n) is 7.29. The molecule has 1 heterocycles. The molecule has 126 valence electrons. The second kappa shape index (κ2) is 7.54. The minimum atomic E-state index is -0.800. The lowest BCUT2D eigenvalue weighted by Crippen LogP contribution is -2.23. The second-order valence-corrected chi connectivity index (χ2v) is 5.38. The molecule has 0 amide bonds. The standard InChI is InChI=1S/C17H17NO6/c1-11(19)10-14(15-4-3-9-24-15)16(17(20)23-2)12-5-7-13(8-6-12)18(21)22/h3-9,14,16H,10H2,1-2H3. The molecule has 0 spiro atoms. The Hall–Kier alpha value is -2.96. The zero-order chi connectivity index (χ0) is 17.7. The van der Waals surface area contributed by atoms with E-state index >= 15 is 0 Å². The van der Waals surface area contributed by atoms with Crippen molar-refractivity contribution in [3.8, 4) is 0 Å². The Balaban J connectivity index is 2.47. The van der Waals surface area contributed by atoms with Crippen LogP contribution in [-0.4, -0.2) is 23.8 Å². The fourth-order valence-corrected chi connectivity index (χ4v) is 2.66. The summed E-state index contributed by atoms with van der Waals surface area (Å²) in [6.45, 7) is 1.43.